The Kier molecular flexibility index (Phi) is 9.69. The second-order valence-electron chi connectivity index (χ2n) is 11.0. The van der Waals surface area contributed by atoms with E-state index in [9.17, 15) is 18.0 Å². The van der Waals surface area contributed by atoms with Gasteiger partial charge in [0, 0.05) is 25.6 Å². The fourth-order valence-electron chi connectivity index (χ4n) is 4.15. The number of amides is 2. The third-order valence-corrected chi connectivity index (χ3v) is 8.15. The van der Waals surface area contributed by atoms with Crippen LogP contribution in [0.2, 0.25) is 0 Å². The highest BCUT2D eigenvalue weighted by atomic mass is 32.2. The van der Waals surface area contributed by atoms with E-state index in [2.05, 4.69) is 5.32 Å². The fourth-order valence-corrected chi connectivity index (χ4v) is 5.27. The first-order valence-corrected chi connectivity index (χ1v) is 14.4. The minimum Gasteiger partial charge on any atom is -0.350 e. The van der Waals surface area contributed by atoms with Gasteiger partial charge in [-0.3, -0.25) is 9.59 Å². The Bertz CT molecular complexity index is 1360. The summed E-state index contributed by atoms with van der Waals surface area (Å²) in [7, 11) is -2.52. The minimum atomic E-state index is -3.91. The smallest absolute Gasteiger partial charge is 0.243 e. The van der Waals surface area contributed by atoms with Gasteiger partial charge in [-0.1, -0.05) is 77.9 Å². The monoisotopic (exact) mass is 549 g/mol. The first-order chi connectivity index (χ1) is 18.3. The lowest BCUT2D eigenvalue weighted by Gasteiger charge is -2.34. The predicted octanol–water partition coefficient (Wildman–Crippen LogP) is 4.48. The van der Waals surface area contributed by atoms with E-state index in [0.717, 1.165) is 26.6 Å². The lowest BCUT2D eigenvalue weighted by molar-refractivity contribution is -0.141. The van der Waals surface area contributed by atoms with Crippen LogP contribution < -0.4 is 5.32 Å². The summed E-state index contributed by atoms with van der Waals surface area (Å²) in [5, 5.41) is 3.02. The maximum absolute atomic E-state index is 13.9. The summed E-state index contributed by atoms with van der Waals surface area (Å²) in [5.41, 5.74) is 3.24. The molecule has 0 bridgehead atoms. The maximum Gasteiger partial charge on any atom is 0.243 e. The van der Waals surface area contributed by atoms with E-state index in [4.69, 9.17) is 0 Å². The molecule has 1 atom stereocenters. The Morgan fingerprint density at radius 3 is 1.90 bits per heavy atom. The van der Waals surface area contributed by atoms with Crippen molar-refractivity contribution in [2.75, 3.05) is 13.6 Å². The Morgan fingerprint density at radius 1 is 0.821 bits per heavy atom. The average Bonchev–Trinajstić information content (AvgIpc) is 2.87. The molecule has 3 aromatic rings. The average molecular weight is 550 g/mol. The van der Waals surface area contributed by atoms with Crippen molar-refractivity contribution in [3.8, 4) is 0 Å². The molecule has 0 aliphatic heterocycles. The highest BCUT2D eigenvalue weighted by Gasteiger charge is 2.34. The molecule has 0 spiro atoms. The van der Waals surface area contributed by atoms with Crippen molar-refractivity contribution < 1.29 is 18.0 Å². The van der Waals surface area contributed by atoms with Crippen LogP contribution in [0.4, 0.5) is 0 Å². The van der Waals surface area contributed by atoms with Crippen LogP contribution in [0.1, 0.15) is 43.0 Å². The van der Waals surface area contributed by atoms with Crippen molar-refractivity contribution in [1.82, 2.24) is 14.5 Å². The molecule has 2 amide bonds. The minimum absolute atomic E-state index is 0.111. The lowest BCUT2D eigenvalue weighted by atomic mass is 10.0. The molecule has 0 radical (unpaired) electrons. The number of rotatable bonds is 10. The number of nitrogens with one attached hydrogen (secondary N) is 1. The Labute approximate surface area is 232 Å². The van der Waals surface area contributed by atoms with Crippen molar-refractivity contribution >= 4 is 21.8 Å². The van der Waals surface area contributed by atoms with Crippen LogP contribution in [0.5, 0.6) is 0 Å². The summed E-state index contributed by atoms with van der Waals surface area (Å²) < 4.78 is 27.6. The summed E-state index contributed by atoms with van der Waals surface area (Å²) in [5.74, 6) is -0.755. The first kappa shape index (κ1) is 30.1. The quantitative estimate of drug-likeness (QED) is 0.404. The van der Waals surface area contributed by atoms with Crippen LogP contribution in [0.3, 0.4) is 0 Å². The number of carbonyl (C=O) groups excluding carboxylic acids is 2. The fraction of sp³-hybridized carbons (Fsp3) is 0.355. The van der Waals surface area contributed by atoms with Gasteiger partial charge in [-0.15, -0.1) is 0 Å². The SMILES string of the molecule is Cc1ccc(CN(C(=O)CN(C)S(=O)(=O)c2ccc(C)cc2)[C@@H](Cc2ccccc2)C(=O)NC(C)(C)C)cc1. The van der Waals surface area contributed by atoms with Crippen molar-refractivity contribution in [2.45, 2.75) is 64.1 Å². The summed E-state index contributed by atoms with van der Waals surface area (Å²) in [4.78, 5) is 29.2. The second-order valence-corrected chi connectivity index (χ2v) is 13.1. The molecule has 7 nitrogen and oxygen atoms in total. The second kappa shape index (κ2) is 12.6. The summed E-state index contributed by atoms with van der Waals surface area (Å²) in [6.07, 6.45) is 0.286. The van der Waals surface area contributed by atoms with Crippen molar-refractivity contribution in [1.29, 1.82) is 0 Å². The highest BCUT2D eigenvalue weighted by molar-refractivity contribution is 7.89. The van der Waals surface area contributed by atoms with Gasteiger partial charge in [-0.25, -0.2) is 8.42 Å². The normalized spacial score (nSPS) is 12.7. The van der Waals surface area contributed by atoms with E-state index in [1.54, 1.807) is 12.1 Å². The van der Waals surface area contributed by atoms with Gasteiger partial charge in [-0.05, 0) is 57.9 Å². The van der Waals surface area contributed by atoms with Gasteiger partial charge in [-0.2, -0.15) is 4.31 Å². The van der Waals surface area contributed by atoms with E-state index in [-0.39, 0.29) is 23.8 Å². The van der Waals surface area contributed by atoms with E-state index in [1.165, 1.54) is 24.1 Å². The third-order valence-electron chi connectivity index (χ3n) is 6.33. The molecule has 0 aliphatic carbocycles. The lowest BCUT2D eigenvalue weighted by Crippen LogP contribution is -2.56. The van der Waals surface area contributed by atoms with Crippen LogP contribution >= 0.6 is 0 Å². The van der Waals surface area contributed by atoms with Crippen LogP contribution in [0, 0.1) is 13.8 Å². The molecule has 8 heteroatoms. The van der Waals surface area contributed by atoms with Crippen molar-refractivity contribution in [2.24, 2.45) is 0 Å². The molecule has 0 heterocycles. The van der Waals surface area contributed by atoms with E-state index >= 15 is 0 Å². The Hall–Kier alpha value is -3.49. The van der Waals surface area contributed by atoms with Crippen LogP contribution in [-0.2, 0) is 32.6 Å². The standard InChI is InChI=1S/C31H39N3O4S/c1-23-12-16-26(17-13-23)21-34(28(30(36)32-31(3,4)5)20-25-10-8-7-9-11-25)29(35)22-33(6)39(37,38)27-18-14-24(2)15-19-27/h7-19,28H,20-22H2,1-6H3,(H,32,36)/t28-/m0/s1. The van der Waals surface area contributed by atoms with Gasteiger partial charge >= 0.3 is 0 Å². The summed E-state index contributed by atoms with van der Waals surface area (Å²) in [6.45, 7) is 9.27. The Balaban J connectivity index is 1.98. The molecule has 3 rings (SSSR count). The molecular weight excluding hydrogens is 510 g/mol. The van der Waals surface area contributed by atoms with E-state index in [0.29, 0.717) is 0 Å². The number of carbonyl (C=O) groups is 2. The highest BCUT2D eigenvalue weighted by Crippen LogP contribution is 2.19. The molecule has 0 saturated carbocycles. The molecule has 0 aromatic heterocycles. The zero-order valence-corrected chi connectivity index (χ0v) is 24.5. The maximum atomic E-state index is 13.9. The van der Waals surface area contributed by atoms with Crippen LogP contribution in [0.15, 0.2) is 83.8 Å². The number of aryl methyl sites for hydroxylation is 2. The number of nitrogens with zero attached hydrogens (tertiary/aromatic N) is 2. The van der Waals surface area contributed by atoms with Gasteiger partial charge in [0.2, 0.25) is 21.8 Å². The predicted molar refractivity (Wildman–Crippen MR) is 155 cm³/mol. The van der Waals surface area contributed by atoms with E-state index in [1.807, 2.05) is 89.2 Å². The van der Waals surface area contributed by atoms with Crippen molar-refractivity contribution in [3.05, 3.63) is 101 Å². The number of sulfonamides is 1. The molecule has 0 aliphatic rings. The molecule has 0 unspecified atom stereocenters. The topological polar surface area (TPSA) is 86.8 Å². The molecule has 39 heavy (non-hydrogen) atoms. The zero-order chi connectivity index (χ0) is 28.8. The number of hydrogen-bond donors (Lipinski definition) is 1. The van der Waals surface area contributed by atoms with Gasteiger partial charge in [0.25, 0.3) is 0 Å². The molecule has 208 valence electrons. The third kappa shape index (κ3) is 8.50. The molecule has 3 aromatic carbocycles. The van der Waals surface area contributed by atoms with Crippen LogP contribution in [-0.4, -0.2) is 54.6 Å². The molecule has 0 saturated heterocycles. The van der Waals surface area contributed by atoms with Gasteiger partial charge in [0.15, 0.2) is 0 Å². The summed E-state index contributed by atoms with van der Waals surface area (Å²) in [6, 6.07) is 22.9. The molecule has 1 N–H and O–H groups in total. The van der Waals surface area contributed by atoms with Gasteiger partial charge < -0.3 is 10.2 Å². The number of benzene rings is 3. The molecule has 0 fully saturated rings. The number of likely N-dealkylation sites (N-methyl/N-ethyl adjacent to an activating group) is 1. The number of hydrogen-bond acceptors (Lipinski definition) is 4. The van der Waals surface area contributed by atoms with E-state index < -0.39 is 34.1 Å². The van der Waals surface area contributed by atoms with Crippen molar-refractivity contribution in [3.63, 3.8) is 0 Å². The first-order valence-electron chi connectivity index (χ1n) is 13.0. The van der Waals surface area contributed by atoms with Crippen LogP contribution in [0.25, 0.3) is 0 Å². The van der Waals surface area contributed by atoms with Gasteiger partial charge in [0.05, 0.1) is 11.4 Å². The van der Waals surface area contributed by atoms with Gasteiger partial charge in [0.1, 0.15) is 6.04 Å². The Morgan fingerprint density at radius 2 is 1.36 bits per heavy atom. The summed E-state index contributed by atoms with van der Waals surface area (Å²) >= 11 is 0. The molecular formula is C31H39N3O4S. The largest absolute Gasteiger partial charge is 0.350 e. The zero-order valence-electron chi connectivity index (χ0n) is 23.6.